The van der Waals surface area contributed by atoms with E-state index >= 15 is 0 Å². The standard InChI is InChI=1S/C18H15BrNO6P.2Na.H2O/c1-25-16-5-3-2-4-15(16)20-18(21)14-9-12-8-13(19)7-6-11(12)10-17(14)26-27(22,23)24;;;/h2-10H,1H3,(H,20,21)(H2,22,23,24);;;1H2/q;2*+1;/p-2. The number of nitrogens with zero attached hydrogens (tertiary/aromatic N) is 1. The van der Waals surface area contributed by atoms with Crippen LogP contribution in [-0.2, 0) is 4.57 Å². The molecule has 3 N–H and O–H groups in total. The van der Waals surface area contributed by atoms with E-state index in [9.17, 15) is 14.6 Å². The van der Waals surface area contributed by atoms with E-state index < -0.39 is 13.7 Å². The summed E-state index contributed by atoms with van der Waals surface area (Å²) in [5.41, 5.74) is 0.163. The van der Waals surface area contributed by atoms with Gasteiger partial charge in [-0.2, -0.15) is 0 Å². The molecule has 3 aromatic carbocycles. The molecule has 1 atom stereocenters. The van der Waals surface area contributed by atoms with Crippen molar-refractivity contribution in [2.75, 3.05) is 7.11 Å². The quantitative estimate of drug-likeness (QED) is 0.159. The zero-order valence-corrected chi connectivity index (χ0v) is 22.9. The van der Waals surface area contributed by atoms with Gasteiger partial charge in [0.2, 0.25) is 0 Å². The summed E-state index contributed by atoms with van der Waals surface area (Å²) in [5.74, 6) is -0.673. The maximum absolute atomic E-state index is 12.7. The predicted molar refractivity (Wildman–Crippen MR) is 105 cm³/mol. The van der Waals surface area contributed by atoms with Crippen molar-refractivity contribution in [2.24, 2.45) is 4.99 Å². The molecule has 0 spiro atoms. The minimum absolute atomic E-state index is 0. The molecule has 0 saturated heterocycles. The Hall–Kier alpha value is -0.420. The summed E-state index contributed by atoms with van der Waals surface area (Å²) in [6.07, 6.45) is 0. The first kappa shape index (κ1) is 29.6. The van der Waals surface area contributed by atoms with E-state index in [0.717, 1.165) is 4.47 Å². The van der Waals surface area contributed by atoms with E-state index in [1.54, 1.807) is 42.5 Å². The van der Waals surface area contributed by atoms with Gasteiger partial charge in [0.25, 0.3) is 0 Å². The summed E-state index contributed by atoms with van der Waals surface area (Å²) in [4.78, 5) is 24.3. The van der Waals surface area contributed by atoms with Gasteiger partial charge in [-0.3, -0.25) is 9.56 Å². The third kappa shape index (κ3) is 7.62. The van der Waals surface area contributed by atoms with Crippen LogP contribution in [0, 0.1) is 0 Å². The number of fused-ring (bicyclic) bond motifs is 1. The molecule has 0 heterocycles. The molecule has 1 unspecified atom stereocenters. The van der Waals surface area contributed by atoms with Crippen LogP contribution in [0.5, 0.6) is 11.5 Å². The smallest absolute Gasteiger partial charge is 0.858 e. The number of para-hydroxylation sites is 2. The topological polar surface area (TPSA) is 146 Å². The second-order valence-corrected chi connectivity index (χ2v) is 7.52. The molecular formula is C18H15BrNNa2O7P. The van der Waals surface area contributed by atoms with Gasteiger partial charge in [-0.05, 0) is 53.1 Å². The average Bonchev–Trinajstić information content (AvgIpc) is 2.60. The molecule has 8 nitrogen and oxygen atoms in total. The fourth-order valence-corrected chi connectivity index (χ4v) is 3.28. The molecule has 30 heavy (non-hydrogen) atoms. The van der Waals surface area contributed by atoms with E-state index in [1.165, 1.54) is 19.2 Å². The largest absolute Gasteiger partial charge is 1.00 e. The Kier molecular flexibility index (Phi) is 12.4. The third-order valence-corrected chi connectivity index (χ3v) is 4.57. The van der Waals surface area contributed by atoms with E-state index in [-0.39, 0.29) is 81.6 Å². The van der Waals surface area contributed by atoms with Crippen molar-refractivity contribution >= 4 is 46.1 Å². The van der Waals surface area contributed by atoms with Crippen LogP contribution in [0.3, 0.4) is 0 Å². The molecule has 12 heteroatoms. The molecule has 0 aliphatic carbocycles. The Morgan fingerprint density at radius 2 is 1.73 bits per heavy atom. The number of benzene rings is 3. The van der Waals surface area contributed by atoms with E-state index in [1.807, 2.05) is 0 Å². The van der Waals surface area contributed by atoms with E-state index in [4.69, 9.17) is 9.63 Å². The molecule has 3 aromatic rings. The Morgan fingerprint density at radius 1 is 1.07 bits per heavy atom. The van der Waals surface area contributed by atoms with Gasteiger partial charge in [0.15, 0.2) is 0 Å². The number of rotatable bonds is 5. The number of phosphoric acid groups is 1. The number of ether oxygens (including phenoxy) is 1. The van der Waals surface area contributed by atoms with Gasteiger partial charge in [0.1, 0.15) is 17.2 Å². The Balaban J connectivity index is 0.00000280. The number of phosphoric ester groups is 1. The van der Waals surface area contributed by atoms with Gasteiger partial charge in [-0.1, -0.05) is 34.1 Å². The molecule has 0 radical (unpaired) electrons. The van der Waals surface area contributed by atoms with Crippen molar-refractivity contribution < 1.29 is 93.3 Å². The monoisotopic (exact) mass is 513 g/mol. The summed E-state index contributed by atoms with van der Waals surface area (Å²) in [6.45, 7) is 0. The summed E-state index contributed by atoms with van der Waals surface area (Å²) in [5, 5.41) is 14.0. The van der Waals surface area contributed by atoms with Crippen molar-refractivity contribution in [2.45, 2.75) is 0 Å². The fraction of sp³-hybridized carbons (Fsp3) is 0.0556. The normalized spacial score (nSPS) is 12.6. The first-order valence-corrected chi connectivity index (χ1v) is 9.91. The molecule has 0 amide bonds. The molecule has 0 fully saturated rings. The number of hydrogen-bond donors (Lipinski definition) is 1. The second-order valence-electron chi connectivity index (χ2n) is 5.49. The summed E-state index contributed by atoms with van der Waals surface area (Å²) >= 11 is 3.34. The Labute approximate surface area is 225 Å². The Bertz CT molecular complexity index is 1090. The first-order valence-electron chi connectivity index (χ1n) is 7.62. The molecule has 0 bridgehead atoms. The molecule has 0 saturated carbocycles. The number of halogens is 1. The maximum Gasteiger partial charge on any atom is 1.00 e. The number of methoxy groups -OCH3 is 1. The number of hydrogen-bond acceptors (Lipinski definition) is 6. The van der Waals surface area contributed by atoms with Gasteiger partial charge in [0.05, 0.1) is 7.11 Å². The first-order chi connectivity index (χ1) is 12.8. The van der Waals surface area contributed by atoms with Crippen LogP contribution in [0.25, 0.3) is 10.8 Å². The Morgan fingerprint density at radius 3 is 2.37 bits per heavy atom. The van der Waals surface area contributed by atoms with Crippen LogP contribution in [-0.4, -0.2) is 23.4 Å². The zero-order chi connectivity index (χ0) is 19.6. The molecule has 0 aliphatic rings. The van der Waals surface area contributed by atoms with Gasteiger partial charge in [-0.15, -0.1) is 0 Å². The van der Waals surface area contributed by atoms with Crippen LogP contribution >= 0.6 is 23.8 Å². The zero-order valence-electron chi connectivity index (χ0n) is 16.5. The van der Waals surface area contributed by atoms with Gasteiger partial charge in [-0.25, -0.2) is 0 Å². The van der Waals surface area contributed by atoms with Crippen molar-refractivity contribution in [3.63, 3.8) is 0 Å². The van der Waals surface area contributed by atoms with Gasteiger partial charge in [0, 0.05) is 10.0 Å². The average molecular weight is 514 g/mol. The minimum atomic E-state index is -5.12. The van der Waals surface area contributed by atoms with E-state index in [2.05, 4.69) is 25.4 Å². The molecule has 3 rings (SSSR count). The molecular weight excluding hydrogens is 499 g/mol. The van der Waals surface area contributed by atoms with Crippen LogP contribution in [0.1, 0.15) is 5.56 Å². The van der Waals surface area contributed by atoms with Crippen LogP contribution < -0.4 is 78.4 Å². The SMILES string of the molecule is COc1ccccc1N=C([O-])c1cc2cc(Br)ccc2cc1OP(=O)([O-])O.O.[Na+].[Na+]. The predicted octanol–water partition coefficient (Wildman–Crippen LogP) is -3.93. The van der Waals surface area contributed by atoms with Crippen LogP contribution in [0.15, 0.2) is 64.1 Å². The number of aliphatic imine (C=N–C) groups is 1. The van der Waals surface area contributed by atoms with Gasteiger partial charge >= 0.3 is 66.9 Å². The van der Waals surface area contributed by atoms with Crippen molar-refractivity contribution in [3.8, 4) is 11.5 Å². The summed E-state index contributed by atoms with van der Waals surface area (Å²) in [7, 11) is -3.67. The summed E-state index contributed by atoms with van der Waals surface area (Å²) < 4.78 is 21.8. The van der Waals surface area contributed by atoms with Crippen LogP contribution in [0.2, 0.25) is 0 Å². The van der Waals surface area contributed by atoms with Gasteiger partial charge < -0.3 is 29.6 Å². The van der Waals surface area contributed by atoms with Crippen molar-refractivity contribution in [3.05, 3.63) is 64.6 Å². The second kappa shape index (κ2) is 12.6. The maximum atomic E-state index is 12.7. The molecule has 0 aliphatic heterocycles. The van der Waals surface area contributed by atoms with Crippen molar-refractivity contribution in [1.82, 2.24) is 0 Å². The van der Waals surface area contributed by atoms with Crippen molar-refractivity contribution in [1.29, 1.82) is 0 Å². The molecule has 148 valence electrons. The van der Waals surface area contributed by atoms with Crippen LogP contribution in [0.4, 0.5) is 5.69 Å². The molecule has 0 aromatic heterocycles. The minimum Gasteiger partial charge on any atom is -0.858 e. The third-order valence-electron chi connectivity index (χ3n) is 3.65. The summed E-state index contributed by atoms with van der Waals surface area (Å²) in [6, 6.07) is 14.7. The fourth-order valence-electron chi connectivity index (χ4n) is 2.51. The van der Waals surface area contributed by atoms with E-state index in [0.29, 0.717) is 16.5 Å².